The number of hydrogen-bond donors (Lipinski definition) is 0. The number of piperazine rings is 1. The zero-order valence-electron chi connectivity index (χ0n) is 18.2. The highest BCUT2D eigenvalue weighted by atomic mass is 16.5. The Kier molecular flexibility index (Phi) is 6.96. The number of benzene rings is 2. The number of hydrogen-bond acceptors (Lipinski definition) is 3. The minimum Gasteiger partial charge on any atom is -0.481 e. The van der Waals surface area contributed by atoms with Crippen molar-refractivity contribution >= 4 is 5.91 Å². The van der Waals surface area contributed by atoms with Gasteiger partial charge in [0.25, 0.3) is 5.91 Å². The average molecular weight is 395 g/mol. The molecule has 4 nitrogen and oxygen atoms in total. The van der Waals surface area contributed by atoms with Crippen LogP contribution in [0.3, 0.4) is 0 Å². The van der Waals surface area contributed by atoms with Gasteiger partial charge in [0.1, 0.15) is 5.75 Å². The van der Waals surface area contributed by atoms with Gasteiger partial charge in [0.2, 0.25) is 0 Å². The van der Waals surface area contributed by atoms with Gasteiger partial charge in [-0.3, -0.25) is 9.69 Å². The number of nitrogens with zero attached hydrogens (tertiary/aromatic N) is 2. The molecule has 1 atom stereocenters. The van der Waals surface area contributed by atoms with Crippen LogP contribution in [0.5, 0.6) is 5.75 Å². The summed E-state index contributed by atoms with van der Waals surface area (Å²) in [6.07, 6.45) is 0.250. The SMILES string of the molecule is CCC(Oc1ccc(C(C)(C)C)cc1)C(=O)N1CCN(Cc2ccccc2)CC1. The van der Waals surface area contributed by atoms with Gasteiger partial charge in [0.05, 0.1) is 0 Å². The van der Waals surface area contributed by atoms with Gasteiger partial charge >= 0.3 is 0 Å². The molecule has 1 amide bonds. The molecule has 0 aliphatic carbocycles. The molecule has 0 spiro atoms. The number of carbonyl (C=O) groups is 1. The lowest BCUT2D eigenvalue weighted by Gasteiger charge is -2.36. The minimum absolute atomic E-state index is 0.103. The smallest absolute Gasteiger partial charge is 0.263 e. The van der Waals surface area contributed by atoms with Crippen LogP contribution < -0.4 is 4.74 Å². The highest BCUT2D eigenvalue weighted by Gasteiger charge is 2.28. The van der Waals surface area contributed by atoms with Crippen LogP contribution in [-0.4, -0.2) is 48.0 Å². The Labute approximate surface area is 175 Å². The Morgan fingerprint density at radius 3 is 2.14 bits per heavy atom. The lowest BCUT2D eigenvalue weighted by molar-refractivity contribution is -0.140. The molecular weight excluding hydrogens is 360 g/mol. The van der Waals surface area contributed by atoms with Crippen LogP contribution in [0.1, 0.15) is 45.2 Å². The van der Waals surface area contributed by atoms with E-state index < -0.39 is 6.10 Å². The van der Waals surface area contributed by atoms with Crippen molar-refractivity contribution in [1.29, 1.82) is 0 Å². The van der Waals surface area contributed by atoms with Gasteiger partial charge in [-0.15, -0.1) is 0 Å². The second-order valence-electron chi connectivity index (χ2n) is 8.88. The fraction of sp³-hybridized carbons (Fsp3) is 0.480. The Morgan fingerprint density at radius 1 is 0.966 bits per heavy atom. The molecule has 0 saturated carbocycles. The molecule has 3 rings (SSSR count). The van der Waals surface area contributed by atoms with Gasteiger partial charge in [-0.1, -0.05) is 70.2 Å². The molecule has 0 N–H and O–H groups in total. The first-order valence-corrected chi connectivity index (χ1v) is 10.7. The fourth-order valence-electron chi connectivity index (χ4n) is 3.68. The Balaban J connectivity index is 1.53. The van der Waals surface area contributed by atoms with Crippen molar-refractivity contribution in [1.82, 2.24) is 9.80 Å². The summed E-state index contributed by atoms with van der Waals surface area (Å²) >= 11 is 0. The van der Waals surface area contributed by atoms with E-state index in [1.54, 1.807) is 0 Å². The predicted octanol–water partition coefficient (Wildman–Crippen LogP) is 4.49. The molecule has 0 radical (unpaired) electrons. The molecule has 2 aromatic rings. The zero-order valence-corrected chi connectivity index (χ0v) is 18.2. The molecule has 4 heteroatoms. The van der Waals surface area contributed by atoms with Gasteiger partial charge < -0.3 is 9.64 Å². The van der Waals surface area contributed by atoms with Gasteiger partial charge in [0.15, 0.2) is 6.10 Å². The molecule has 29 heavy (non-hydrogen) atoms. The molecule has 156 valence electrons. The molecular formula is C25H34N2O2. The van der Waals surface area contributed by atoms with Gasteiger partial charge in [0, 0.05) is 32.7 Å². The predicted molar refractivity (Wildman–Crippen MR) is 118 cm³/mol. The van der Waals surface area contributed by atoms with Crippen LogP contribution >= 0.6 is 0 Å². The standard InChI is InChI=1S/C25H34N2O2/c1-5-23(29-22-13-11-21(12-14-22)25(2,3)4)24(28)27-17-15-26(16-18-27)19-20-9-7-6-8-10-20/h6-14,23H,5,15-19H2,1-4H3. The molecule has 1 unspecified atom stereocenters. The summed E-state index contributed by atoms with van der Waals surface area (Å²) in [5.41, 5.74) is 2.69. The van der Waals surface area contributed by atoms with E-state index in [0.29, 0.717) is 6.42 Å². The number of rotatable bonds is 6. The first-order chi connectivity index (χ1) is 13.9. The summed E-state index contributed by atoms with van der Waals surface area (Å²) in [4.78, 5) is 17.4. The molecule has 1 fully saturated rings. The number of ether oxygens (including phenoxy) is 1. The third-order valence-corrected chi connectivity index (χ3v) is 5.58. The molecule has 1 aliphatic heterocycles. The van der Waals surface area contributed by atoms with E-state index in [2.05, 4.69) is 62.1 Å². The van der Waals surface area contributed by atoms with Crippen LogP contribution in [0.4, 0.5) is 0 Å². The molecule has 0 bridgehead atoms. The maximum Gasteiger partial charge on any atom is 0.263 e. The maximum atomic E-state index is 13.0. The molecule has 2 aromatic carbocycles. The van der Waals surface area contributed by atoms with Crippen molar-refractivity contribution in [3.05, 3.63) is 65.7 Å². The number of carbonyl (C=O) groups excluding carboxylic acids is 1. The summed E-state index contributed by atoms with van der Waals surface area (Å²) in [5.74, 6) is 0.868. The quantitative estimate of drug-likeness (QED) is 0.724. The summed E-state index contributed by atoms with van der Waals surface area (Å²) < 4.78 is 6.06. The maximum absolute atomic E-state index is 13.0. The normalized spacial score (nSPS) is 16.5. The van der Waals surface area contributed by atoms with Gasteiger partial charge in [-0.25, -0.2) is 0 Å². The van der Waals surface area contributed by atoms with Crippen molar-refractivity contribution in [2.75, 3.05) is 26.2 Å². The third kappa shape index (κ3) is 5.83. The lowest BCUT2D eigenvalue weighted by atomic mass is 9.87. The second kappa shape index (κ2) is 9.45. The van der Waals surface area contributed by atoms with Crippen molar-refractivity contribution in [3.63, 3.8) is 0 Å². The van der Waals surface area contributed by atoms with Crippen molar-refractivity contribution in [3.8, 4) is 5.75 Å². The molecule has 1 saturated heterocycles. The highest BCUT2D eigenvalue weighted by molar-refractivity contribution is 5.81. The lowest BCUT2D eigenvalue weighted by Crippen LogP contribution is -2.52. The monoisotopic (exact) mass is 394 g/mol. The van der Waals surface area contributed by atoms with Crippen LogP contribution in [-0.2, 0) is 16.8 Å². The number of amides is 1. The Bertz CT molecular complexity index is 773. The first-order valence-electron chi connectivity index (χ1n) is 10.7. The average Bonchev–Trinajstić information content (AvgIpc) is 2.72. The topological polar surface area (TPSA) is 32.8 Å². The van der Waals surface area contributed by atoms with Crippen LogP contribution in [0.15, 0.2) is 54.6 Å². The van der Waals surface area contributed by atoms with E-state index in [1.807, 2.05) is 30.0 Å². The second-order valence-corrected chi connectivity index (χ2v) is 8.88. The van der Waals surface area contributed by atoms with E-state index in [9.17, 15) is 4.79 Å². The van der Waals surface area contributed by atoms with Gasteiger partial charge in [-0.05, 0) is 35.1 Å². The van der Waals surface area contributed by atoms with Crippen LogP contribution in [0.25, 0.3) is 0 Å². The highest BCUT2D eigenvalue weighted by Crippen LogP contribution is 2.25. The van der Waals surface area contributed by atoms with Crippen molar-refractivity contribution in [2.24, 2.45) is 0 Å². The van der Waals surface area contributed by atoms with Crippen molar-refractivity contribution in [2.45, 2.75) is 52.2 Å². The van der Waals surface area contributed by atoms with E-state index in [4.69, 9.17) is 4.74 Å². The molecule has 0 aromatic heterocycles. The van der Waals surface area contributed by atoms with Gasteiger partial charge in [-0.2, -0.15) is 0 Å². The van der Waals surface area contributed by atoms with E-state index in [1.165, 1.54) is 11.1 Å². The van der Waals surface area contributed by atoms with Crippen LogP contribution in [0.2, 0.25) is 0 Å². The fourth-order valence-corrected chi connectivity index (χ4v) is 3.68. The van der Waals surface area contributed by atoms with Crippen molar-refractivity contribution < 1.29 is 9.53 Å². The molecule has 1 aliphatic rings. The minimum atomic E-state index is -0.420. The summed E-state index contributed by atoms with van der Waals surface area (Å²) in [7, 11) is 0. The van der Waals surface area contributed by atoms with E-state index >= 15 is 0 Å². The Morgan fingerprint density at radius 2 is 1.59 bits per heavy atom. The van der Waals surface area contributed by atoms with E-state index in [-0.39, 0.29) is 11.3 Å². The largest absolute Gasteiger partial charge is 0.481 e. The third-order valence-electron chi connectivity index (χ3n) is 5.58. The van der Waals surface area contributed by atoms with Crippen LogP contribution in [0, 0.1) is 0 Å². The summed E-state index contributed by atoms with van der Waals surface area (Å²) in [6, 6.07) is 18.7. The zero-order chi connectivity index (χ0) is 20.9. The first kappa shape index (κ1) is 21.4. The molecule has 1 heterocycles. The Hall–Kier alpha value is -2.33. The summed E-state index contributed by atoms with van der Waals surface area (Å²) in [5, 5.41) is 0. The summed E-state index contributed by atoms with van der Waals surface area (Å²) in [6.45, 7) is 12.8. The van der Waals surface area contributed by atoms with E-state index in [0.717, 1.165) is 38.5 Å².